The third-order valence-corrected chi connectivity index (χ3v) is 5.41. The Bertz CT molecular complexity index is 722. The van der Waals surface area contributed by atoms with Gasteiger partial charge >= 0.3 is 0 Å². The summed E-state index contributed by atoms with van der Waals surface area (Å²) in [5.74, 6) is -0.00358. The molecule has 2 N–H and O–H groups in total. The van der Waals surface area contributed by atoms with Crippen LogP contribution in [0.2, 0.25) is 0 Å². The average molecular weight is 373 g/mol. The fourth-order valence-electron chi connectivity index (χ4n) is 3.21. The second-order valence-electron chi connectivity index (χ2n) is 6.70. The van der Waals surface area contributed by atoms with Crippen molar-refractivity contribution >= 4 is 28.7 Å². The van der Waals surface area contributed by atoms with E-state index in [2.05, 4.69) is 16.8 Å². The van der Waals surface area contributed by atoms with Crippen molar-refractivity contribution in [1.82, 2.24) is 0 Å². The van der Waals surface area contributed by atoms with Gasteiger partial charge in [0.1, 0.15) is 19.2 Å². The molecule has 2 atom stereocenters. The molecule has 6 heteroatoms. The number of ketones is 1. The monoisotopic (exact) mass is 373 g/mol. The van der Waals surface area contributed by atoms with E-state index >= 15 is 0 Å². The molecule has 1 aliphatic rings. The molecular formula is C20H25N2O3S+. The molecule has 138 valence electrons. The van der Waals surface area contributed by atoms with Gasteiger partial charge < -0.3 is 15.0 Å². The van der Waals surface area contributed by atoms with E-state index in [9.17, 15) is 9.59 Å². The normalized spacial score (nSPS) is 17.8. The predicted molar refractivity (Wildman–Crippen MR) is 103 cm³/mol. The number of carbonyl (C=O) groups excluding carboxylic acids is 2. The van der Waals surface area contributed by atoms with Gasteiger partial charge in [-0.2, -0.15) is 0 Å². The van der Waals surface area contributed by atoms with Crippen molar-refractivity contribution in [3.63, 3.8) is 0 Å². The van der Waals surface area contributed by atoms with E-state index in [1.165, 1.54) is 16.7 Å². The highest BCUT2D eigenvalue weighted by Gasteiger charge is 2.24. The van der Waals surface area contributed by atoms with Crippen LogP contribution in [0.3, 0.4) is 0 Å². The first-order valence-electron chi connectivity index (χ1n) is 8.98. The maximum Gasteiger partial charge on any atom is 0.279 e. The highest BCUT2D eigenvalue weighted by Crippen LogP contribution is 2.12. The molecule has 1 aromatic heterocycles. The summed E-state index contributed by atoms with van der Waals surface area (Å²) in [5, 5.41) is 5.00. The van der Waals surface area contributed by atoms with Gasteiger partial charge in [-0.15, -0.1) is 11.3 Å². The lowest BCUT2D eigenvalue weighted by Gasteiger charge is -2.21. The third-order valence-electron chi connectivity index (χ3n) is 4.53. The van der Waals surface area contributed by atoms with E-state index in [1.54, 1.807) is 35.6 Å². The van der Waals surface area contributed by atoms with Crippen molar-refractivity contribution < 1.29 is 19.2 Å². The van der Waals surface area contributed by atoms with Gasteiger partial charge in [-0.1, -0.05) is 6.07 Å². The molecule has 1 amide bonds. The highest BCUT2D eigenvalue weighted by molar-refractivity contribution is 7.09. The maximum atomic E-state index is 12.5. The third kappa shape index (κ3) is 5.49. The molecule has 1 fully saturated rings. The molecule has 0 spiro atoms. The van der Waals surface area contributed by atoms with Crippen LogP contribution in [0.4, 0.5) is 5.69 Å². The zero-order valence-electron chi connectivity index (χ0n) is 15.0. The SMILES string of the molecule is CC(=O)c1ccc(NC(=O)C[NH+](Cc2cccs2)C[C@@H]2CCCO2)cc1. The van der Waals surface area contributed by atoms with E-state index in [0.29, 0.717) is 17.8 Å². The second-order valence-corrected chi connectivity index (χ2v) is 7.74. The average Bonchev–Trinajstić information content (AvgIpc) is 3.29. The van der Waals surface area contributed by atoms with Crippen LogP contribution in [-0.4, -0.2) is 37.5 Å². The van der Waals surface area contributed by atoms with Crippen LogP contribution in [0.15, 0.2) is 41.8 Å². The number of rotatable bonds is 8. The lowest BCUT2D eigenvalue weighted by atomic mass is 10.1. The lowest BCUT2D eigenvalue weighted by Crippen LogP contribution is -3.12. The Balaban J connectivity index is 1.58. The fourth-order valence-corrected chi connectivity index (χ4v) is 3.99. The van der Waals surface area contributed by atoms with Crippen LogP contribution in [-0.2, 0) is 16.1 Å². The van der Waals surface area contributed by atoms with Crippen LogP contribution in [0.25, 0.3) is 0 Å². The van der Waals surface area contributed by atoms with E-state index < -0.39 is 0 Å². The van der Waals surface area contributed by atoms with Crippen LogP contribution in [0.1, 0.15) is 35.0 Å². The van der Waals surface area contributed by atoms with Crippen molar-refractivity contribution in [2.75, 3.05) is 25.0 Å². The minimum Gasteiger partial charge on any atom is -0.372 e. The number of anilines is 1. The number of nitrogens with one attached hydrogen (secondary N) is 2. The molecule has 0 aliphatic carbocycles. The first-order valence-corrected chi connectivity index (χ1v) is 9.86. The molecule has 26 heavy (non-hydrogen) atoms. The number of amides is 1. The lowest BCUT2D eigenvalue weighted by molar-refractivity contribution is -0.908. The highest BCUT2D eigenvalue weighted by atomic mass is 32.1. The number of ether oxygens (including phenoxy) is 1. The molecule has 2 heterocycles. The topological polar surface area (TPSA) is 59.8 Å². The summed E-state index contributed by atoms with van der Waals surface area (Å²) in [5.41, 5.74) is 1.36. The Morgan fingerprint density at radius 2 is 2.08 bits per heavy atom. The molecule has 2 aromatic rings. The number of hydrogen-bond donors (Lipinski definition) is 2. The minimum absolute atomic E-state index is 0.0195. The van der Waals surface area contributed by atoms with E-state index in [4.69, 9.17) is 4.74 Å². The Morgan fingerprint density at radius 1 is 1.27 bits per heavy atom. The summed E-state index contributed by atoms with van der Waals surface area (Å²) in [6.45, 7) is 4.42. The number of hydrogen-bond acceptors (Lipinski definition) is 4. The fraction of sp³-hybridized carbons (Fsp3) is 0.400. The Labute approximate surface area is 158 Å². The molecule has 5 nitrogen and oxygen atoms in total. The molecule has 0 saturated carbocycles. The van der Waals surface area contributed by atoms with Gasteiger partial charge in [-0.3, -0.25) is 9.59 Å². The molecule has 1 unspecified atom stereocenters. The number of quaternary nitrogens is 1. The first kappa shape index (κ1) is 18.8. The van der Waals surface area contributed by atoms with E-state index in [-0.39, 0.29) is 17.8 Å². The summed E-state index contributed by atoms with van der Waals surface area (Å²) < 4.78 is 5.76. The first-order chi connectivity index (χ1) is 12.6. The number of benzene rings is 1. The van der Waals surface area contributed by atoms with Gasteiger partial charge in [0.2, 0.25) is 0 Å². The molecule has 1 aliphatic heterocycles. The van der Waals surface area contributed by atoms with Crippen molar-refractivity contribution in [2.45, 2.75) is 32.4 Å². The van der Waals surface area contributed by atoms with Gasteiger partial charge in [0.05, 0.1) is 4.88 Å². The van der Waals surface area contributed by atoms with Gasteiger partial charge in [0, 0.05) is 17.9 Å². The zero-order chi connectivity index (χ0) is 18.4. The summed E-state index contributed by atoms with van der Waals surface area (Å²) in [6.07, 6.45) is 2.42. The number of Topliss-reactive ketones (excluding diaryl/α,β-unsaturated/α-hetero) is 1. The Hall–Kier alpha value is -2.02. The van der Waals surface area contributed by atoms with Gasteiger partial charge in [0.25, 0.3) is 5.91 Å². The molecule has 1 aromatic carbocycles. The molecule has 0 bridgehead atoms. The maximum absolute atomic E-state index is 12.5. The van der Waals surface area contributed by atoms with Crippen molar-refractivity contribution in [3.8, 4) is 0 Å². The van der Waals surface area contributed by atoms with Crippen LogP contribution in [0, 0.1) is 0 Å². The van der Waals surface area contributed by atoms with E-state index in [1.807, 2.05) is 6.07 Å². The molecule has 0 radical (unpaired) electrons. The summed E-state index contributed by atoms with van der Waals surface area (Å²) in [7, 11) is 0. The summed E-state index contributed by atoms with van der Waals surface area (Å²) in [6, 6.07) is 11.2. The minimum atomic E-state index is -0.0230. The van der Waals surface area contributed by atoms with Gasteiger partial charge in [0.15, 0.2) is 12.3 Å². The van der Waals surface area contributed by atoms with Crippen LogP contribution < -0.4 is 10.2 Å². The smallest absolute Gasteiger partial charge is 0.279 e. The number of thiophene rings is 1. The Kier molecular flexibility index (Phi) is 6.55. The van der Waals surface area contributed by atoms with Crippen LogP contribution in [0.5, 0.6) is 0 Å². The van der Waals surface area contributed by atoms with Gasteiger partial charge in [-0.25, -0.2) is 0 Å². The summed E-state index contributed by atoms with van der Waals surface area (Å²) in [4.78, 5) is 26.3. The predicted octanol–water partition coefficient (Wildman–Crippen LogP) is 2.15. The standard InChI is InChI=1S/C20H24N2O3S/c1-15(23)16-6-8-17(9-7-16)21-20(24)14-22(12-18-4-2-10-25-18)13-19-5-3-11-26-19/h3,5-9,11,18H,2,4,10,12-14H2,1H3,(H,21,24)/p+1/t18-/m0/s1. The Morgan fingerprint density at radius 3 is 2.69 bits per heavy atom. The molecule has 1 saturated heterocycles. The zero-order valence-corrected chi connectivity index (χ0v) is 15.8. The number of carbonyl (C=O) groups is 2. The quantitative estimate of drug-likeness (QED) is 0.697. The van der Waals surface area contributed by atoms with Crippen molar-refractivity contribution in [1.29, 1.82) is 0 Å². The van der Waals surface area contributed by atoms with E-state index in [0.717, 1.165) is 32.5 Å². The second kappa shape index (κ2) is 9.07. The van der Waals surface area contributed by atoms with Crippen molar-refractivity contribution in [3.05, 3.63) is 52.2 Å². The van der Waals surface area contributed by atoms with Crippen LogP contribution >= 0.6 is 11.3 Å². The molecular weight excluding hydrogens is 348 g/mol. The van der Waals surface area contributed by atoms with Gasteiger partial charge in [-0.05, 0) is 55.5 Å². The summed E-state index contributed by atoms with van der Waals surface area (Å²) >= 11 is 1.72. The largest absolute Gasteiger partial charge is 0.372 e. The molecule has 3 rings (SSSR count). The van der Waals surface area contributed by atoms with Crippen molar-refractivity contribution in [2.24, 2.45) is 0 Å².